The van der Waals surface area contributed by atoms with Gasteiger partial charge in [0.05, 0.1) is 0 Å². The Hall–Kier alpha value is -1.30. The van der Waals surface area contributed by atoms with E-state index >= 15 is 0 Å². The van der Waals surface area contributed by atoms with E-state index in [1.165, 1.54) is 32.1 Å². The summed E-state index contributed by atoms with van der Waals surface area (Å²) in [6.45, 7) is 3.91. The molecule has 1 aliphatic carbocycles. The second-order valence-corrected chi connectivity index (χ2v) is 7.86. The fourth-order valence-electron chi connectivity index (χ4n) is 4.51. The van der Waals surface area contributed by atoms with Crippen LogP contribution in [0.1, 0.15) is 51.4 Å². The summed E-state index contributed by atoms with van der Waals surface area (Å²) in [5, 5.41) is 6.13. The molecule has 3 aliphatic rings. The van der Waals surface area contributed by atoms with Crippen molar-refractivity contribution in [3.05, 3.63) is 0 Å². The number of likely N-dealkylation sites (N-methyl/N-ethyl adjacent to an activating group) is 1. The number of hydrogen-bond donors (Lipinski definition) is 2. The highest BCUT2D eigenvalue weighted by atomic mass is 16.2. The third-order valence-corrected chi connectivity index (χ3v) is 6.28. The largest absolute Gasteiger partial charge is 0.356 e. The lowest BCUT2D eigenvalue weighted by Gasteiger charge is -2.49. The molecule has 3 amide bonds. The molecule has 2 saturated heterocycles. The zero-order chi connectivity index (χ0) is 17.0. The molecule has 2 heterocycles. The van der Waals surface area contributed by atoms with Crippen LogP contribution in [0.15, 0.2) is 0 Å². The van der Waals surface area contributed by atoms with Crippen LogP contribution < -0.4 is 10.6 Å². The lowest BCUT2D eigenvalue weighted by Crippen LogP contribution is -2.63. The molecule has 0 aromatic heterocycles. The molecule has 0 radical (unpaired) electrons. The lowest BCUT2D eigenvalue weighted by atomic mass is 9.86. The van der Waals surface area contributed by atoms with Gasteiger partial charge in [-0.05, 0) is 38.6 Å². The van der Waals surface area contributed by atoms with E-state index in [4.69, 9.17) is 0 Å². The van der Waals surface area contributed by atoms with E-state index in [9.17, 15) is 9.59 Å². The van der Waals surface area contributed by atoms with Crippen LogP contribution in [-0.2, 0) is 4.79 Å². The fraction of sp³-hybridized carbons (Fsp3) is 0.889. The van der Waals surface area contributed by atoms with E-state index in [-0.39, 0.29) is 17.5 Å². The standard InChI is InChI=1S/C18H32N4O2/c1-21-11-12-22(14-18(21)8-7-16(23)19-10-9-18)17(24)20-13-15-5-3-2-4-6-15/h15H,2-14H2,1H3,(H,19,23)(H,20,24). The van der Waals surface area contributed by atoms with Crippen LogP contribution >= 0.6 is 0 Å². The summed E-state index contributed by atoms with van der Waals surface area (Å²) in [6.07, 6.45) is 8.77. The Morgan fingerprint density at radius 1 is 1.25 bits per heavy atom. The first-order valence-electron chi connectivity index (χ1n) is 9.60. The van der Waals surface area contributed by atoms with Gasteiger partial charge < -0.3 is 15.5 Å². The number of amides is 3. The van der Waals surface area contributed by atoms with Crippen molar-refractivity contribution in [3.8, 4) is 0 Å². The van der Waals surface area contributed by atoms with E-state index in [2.05, 4.69) is 22.6 Å². The summed E-state index contributed by atoms with van der Waals surface area (Å²) in [7, 11) is 2.13. The minimum absolute atomic E-state index is 0.0560. The maximum atomic E-state index is 12.6. The Kier molecular flexibility index (Phi) is 5.64. The number of urea groups is 1. The van der Waals surface area contributed by atoms with Crippen molar-refractivity contribution in [2.45, 2.75) is 56.9 Å². The van der Waals surface area contributed by atoms with Gasteiger partial charge in [0.25, 0.3) is 0 Å². The van der Waals surface area contributed by atoms with Crippen LogP contribution in [0.25, 0.3) is 0 Å². The molecule has 6 nitrogen and oxygen atoms in total. The van der Waals surface area contributed by atoms with E-state index in [0.29, 0.717) is 18.9 Å². The summed E-state index contributed by atoms with van der Waals surface area (Å²) in [6, 6.07) is 0.0802. The number of rotatable bonds is 2. The molecule has 3 fully saturated rings. The highest BCUT2D eigenvalue weighted by Crippen LogP contribution is 2.30. The molecule has 1 atom stereocenters. The number of nitrogens with one attached hydrogen (secondary N) is 2. The van der Waals surface area contributed by atoms with Crippen LogP contribution in [-0.4, -0.2) is 67.0 Å². The Morgan fingerprint density at radius 2 is 2.04 bits per heavy atom. The normalized spacial score (nSPS) is 30.0. The number of carbonyl (C=O) groups is 2. The molecule has 2 N–H and O–H groups in total. The second kappa shape index (κ2) is 7.72. The van der Waals surface area contributed by atoms with E-state index in [1.807, 2.05) is 4.90 Å². The molecular formula is C18H32N4O2. The van der Waals surface area contributed by atoms with Crippen LogP contribution in [0.5, 0.6) is 0 Å². The summed E-state index contributed by atoms with van der Waals surface area (Å²) in [4.78, 5) is 28.7. The molecular weight excluding hydrogens is 304 g/mol. The fourth-order valence-corrected chi connectivity index (χ4v) is 4.51. The average Bonchev–Trinajstić information content (AvgIpc) is 2.79. The Morgan fingerprint density at radius 3 is 2.83 bits per heavy atom. The molecule has 24 heavy (non-hydrogen) atoms. The van der Waals surface area contributed by atoms with Crippen molar-refractivity contribution in [1.29, 1.82) is 0 Å². The van der Waals surface area contributed by atoms with Crippen LogP contribution in [0.2, 0.25) is 0 Å². The summed E-state index contributed by atoms with van der Waals surface area (Å²) in [5.74, 6) is 0.794. The van der Waals surface area contributed by atoms with Gasteiger partial charge in [-0.15, -0.1) is 0 Å². The molecule has 0 aromatic carbocycles. The van der Waals surface area contributed by atoms with Crippen LogP contribution in [0, 0.1) is 5.92 Å². The average molecular weight is 336 g/mol. The van der Waals surface area contributed by atoms with Gasteiger partial charge in [-0.2, -0.15) is 0 Å². The molecule has 1 spiro atoms. The number of piperazine rings is 1. The van der Waals surface area contributed by atoms with Gasteiger partial charge in [0.1, 0.15) is 0 Å². The lowest BCUT2D eigenvalue weighted by molar-refractivity contribution is -0.121. The predicted octanol–water partition coefficient (Wildman–Crippen LogP) is 1.56. The molecule has 136 valence electrons. The summed E-state index contributed by atoms with van der Waals surface area (Å²) in [5.41, 5.74) is -0.0560. The molecule has 1 saturated carbocycles. The van der Waals surface area contributed by atoms with Crippen molar-refractivity contribution in [3.63, 3.8) is 0 Å². The smallest absolute Gasteiger partial charge is 0.317 e. The summed E-state index contributed by atoms with van der Waals surface area (Å²) >= 11 is 0. The quantitative estimate of drug-likeness (QED) is 0.804. The Labute approximate surface area is 145 Å². The van der Waals surface area contributed by atoms with Gasteiger partial charge in [-0.25, -0.2) is 4.79 Å². The molecule has 0 aromatic rings. The van der Waals surface area contributed by atoms with Gasteiger partial charge in [0, 0.05) is 44.7 Å². The second-order valence-electron chi connectivity index (χ2n) is 7.86. The topological polar surface area (TPSA) is 64.7 Å². The van der Waals surface area contributed by atoms with Gasteiger partial charge in [0.2, 0.25) is 5.91 Å². The Balaban J connectivity index is 1.55. The number of hydrogen-bond acceptors (Lipinski definition) is 3. The van der Waals surface area contributed by atoms with Gasteiger partial charge in [-0.3, -0.25) is 9.69 Å². The van der Waals surface area contributed by atoms with Crippen molar-refractivity contribution in [1.82, 2.24) is 20.4 Å². The minimum Gasteiger partial charge on any atom is -0.356 e. The predicted molar refractivity (Wildman–Crippen MR) is 93.8 cm³/mol. The number of carbonyl (C=O) groups excluding carboxylic acids is 2. The van der Waals surface area contributed by atoms with Crippen molar-refractivity contribution in [2.75, 3.05) is 39.8 Å². The maximum Gasteiger partial charge on any atom is 0.317 e. The SMILES string of the molecule is CN1CCN(C(=O)NCC2CCCCC2)CC12CCNC(=O)CC2. The highest BCUT2D eigenvalue weighted by Gasteiger charge is 2.42. The molecule has 3 rings (SSSR count). The van der Waals surface area contributed by atoms with Gasteiger partial charge >= 0.3 is 6.03 Å². The molecule has 6 heteroatoms. The molecule has 2 aliphatic heterocycles. The third-order valence-electron chi connectivity index (χ3n) is 6.28. The number of nitrogens with zero attached hydrogens (tertiary/aromatic N) is 2. The Bertz CT molecular complexity index is 464. The van der Waals surface area contributed by atoms with Crippen molar-refractivity contribution >= 4 is 11.9 Å². The van der Waals surface area contributed by atoms with Crippen molar-refractivity contribution in [2.24, 2.45) is 5.92 Å². The monoisotopic (exact) mass is 336 g/mol. The highest BCUT2D eigenvalue weighted by molar-refractivity contribution is 5.76. The summed E-state index contributed by atoms with van der Waals surface area (Å²) < 4.78 is 0. The maximum absolute atomic E-state index is 12.6. The van der Waals surface area contributed by atoms with Crippen LogP contribution in [0.3, 0.4) is 0 Å². The zero-order valence-corrected chi connectivity index (χ0v) is 15.0. The first-order chi connectivity index (χ1) is 11.6. The van der Waals surface area contributed by atoms with Crippen molar-refractivity contribution < 1.29 is 9.59 Å². The van der Waals surface area contributed by atoms with E-state index in [0.717, 1.165) is 39.0 Å². The molecule has 1 unspecified atom stereocenters. The van der Waals surface area contributed by atoms with Gasteiger partial charge in [-0.1, -0.05) is 19.3 Å². The van der Waals surface area contributed by atoms with Gasteiger partial charge in [0.15, 0.2) is 0 Å². The zero-order valence-electron chi connectivity index (χ0n) is 15.0. The first-order valence-corrected chi connectivity index (χ1v) is 9.60. The van der Waals surface area contributed by atoms with Crippen LogP contribution in [0.4, 0.5) is 4.79 Å². The minimum atomic E-state index is -0.0560. The first kappa shape index (κ1) is 17.5. The molecule has 0 bridgehead atoms. The van der Waals surface area contributed by atoms with E-state index < -0.39 is 0 Å². The third kappa shape index (κ3) is 4.02. The van der Waals surface area contributed by atoms with E-state index in [1.54, 1.807) is 0 Å².